The first kappa shape index (κ1) is 17.4. The molecule has 0 radical (unpaired) electrons. The zero-order valence-electron chi connectivity index (χ0n) is 12.3. The van der Waals surface area contributed by atoms with Crippen LogP contribution in [0.25, 0.3) is 0 Å². The third kappa shape index (κ3) is 4.50. The molecule has 1 aliphatic heterocycles. The second-order valence-electron chi connectivity index (χ2n) is 5.18. The molecule has 1 aromatic rings. The molecule has 22 heavy (non-hydrogen) atoms. The van der Waals surface area contributed by atoms with Crippen molar-refractivity contribution < 1.29 is 23.1 Å². The average Bonchev–Trinajstić information content (AvgIpc) is 2.99. The maximum atomic E-state index is 12.3. The molecule has 1 fully saturated rings. The highest BCUT2D eigenvalue weighted by molar-refractivity contribution is 7.87. The van der Waals surface area contributed by atoms with Crippen molar-refractivity contribution in [1.82, 2.24) is 9.03 Å². The van der Waals surface area contributed by atoms with Crippen molar-refractivity contribution in [3.63, 3.8) is 0 Å². The SMILES string of the molecule is COC1CCN(S(=O)(=O)NC(Cc2ccsc2)C(=O)O)CC1. The van der Waals surface area contributed by atoms with Crippen molar-refractivity contribution in [2.45, 2.75) is 31.4 Å². The zero-order valence-corrected chi connectivity index (χ0v) is 13.9. The summed E-state index contributed by atoms with van der Waals surface area (Å²) in [4.78, 5) is 11.3. The van der Waals surface area contributed by atoms with Crippen LogP contribution in [0.4, 0.5) is 0 Å². The van der Waals surface area contributed by atoms with E-state index in [0.29, 0.717) is 25.9 Å². The normalized spacial score (nSPS) is 19.1. The standard InChI is InChI=1S/C13H20N2O5S2/c1-20-11-2-5-15(6-3-11)22(18,19)14-12(13(16)17)8-10-4-7-21-9-10/h4,7,9,11-12,14H,2-3,5-6,8H2,1H3,(H,16,17). The fourth-order valence-corrected chi connectivity index (χ4v) is 4.45. The van der Waals surface area contributed by atoms with Crippen molar-refractivity contribution in [3.05, 3.63) is 22.4 Å². The number of carboxylic acid groups (broad SMARTS) is 1. The lowest BCUT2D eigenvalue weighted by Gasteiger charge is -2.31. The van der Waals surface area contributed by atoms with E-state index in [1.54, 1.807) is 13.2 Å². The molecule has 0 aromatic carbocycles. The topological polar surface area (TPSA) is 95.9 Å². The van der Waals surface area contributed by atoms with Crippen molar-refractivity contribution in [2.24, 2.45) is 0 Å². The van der Waals surface area contributed by atoms with Crippen LogP contribution in [-0.4, -0.2) is 56.1 Å². The van der Waals surface area contributed by atoms with Gasteiger partial charge in [-0.3, -0.25) is 4.79 Å². The van der Waals surface area contributed by atoms with Gasteiger partial charge in [0.1, 0.15) is 6.04 Å². The predicted octanol–water partition coefficient (Wildman–Crippen LogP) is 0.689. The molecule has 0 amide bonds. The van der Waals surface area contributed by atoms with Crippen LogP contribution in [0.3, 0.4) is 0 Å². The lowest BCUT2D eigenvalue weighted by molar-refractivity contribution is -0.138. The van der Waals surface area contributed by atoms with Gasteiger partial charge in [0.05, 0.1) is 6.10 Å². The van der Waals surface area contributed by atoms with E-state index in [2.05, 4.69) is 4.72 Å². The second kappa shape index (κ2) is 7.51. The highest BCUT2D eigenvalue weighted by Gasteiger charge is 2.32. The van der Waals surface area contributed by atoms with Crippen LogP contribution in [0.1, 0.15) is 18.4 Å². The molecule has 2 rings (SSSR count). The lowest BCUT2D eigenvalue weighted by atomic mass is 10.1. The Labute approximate surface area is 134 Å². The summed E-state index contributed by atoms with van der Waals surface area (Å²) in [6, 6.07) is 0.624. The highest BCUT2D eigenvalue weighted by atomic mass is 32.2. The van der Waals surface area contributed by atoms with Gasteiger partial charge in [0, 0.05) is 26.6 Å². The lowest BCUT2D eigenvalue weighted by Crippen LogP contribution is -2.51. The number of hydrogen-bond donors (Lipinski definition) is 2. The number of nitrogens with zero attached hydrogens (tertiary/aromatic N) is 1. The van der Waals surface area contributed by atoms with Gasteiger partial charge in [-0.05, 0) is 35.2 Å². The van der Waals surface area contributed by atoms with Crippen molar-refractivity contribution in [2.75, 3.05) is 20.2 Å². The number of nitrogens with one attached hydrogen (secondary N) is 1. The summed E-state index contributed by atoms with van der Waals surface area (Å²) in [5.41, 5.74) is 0.804. The Morgan fingerprint density at radius 2 is 2.23 bits per heavy atom. The van der Waals surface area contributed by atoms with Gasteiger partial charge in [0.2, 0.25) is 0 Å². The molecule has 1 unspecified atom stereocenters. The summed E-state index contributed by atoms with van der Waals surface area (Å²) in [6.07, 6.45) is 1.42. The number of rotatable bonds is 7. The third-order valence-electron chi connectivity index (χ3n) is 3.68. The van der Waals surface area contributed by atoms with Gasteiger partial charge in [-0.2, -0.15) is 28.8 Å². The van der Waals surface area contributed by atoms with E-state index in [1.165, 1.54) is 15.6 Å². The summed E-state index contributed by atoms with van der Waals surface area (Å²) in [5, 5.41) is 12.9. The molecule has 1 saturated heterocycles. The Kier molecular flexibility index (Phi) is 5.93. The summed E-state index contributed by atoms with van der Waals surface area (Å²) in [6.45, 7) is 0.664. The Balaban J connectivity index is 2.00. The minimum Gasteiger partial charge on any atom is -0.480 e. The number of thiophene rings is 1. The number of hydrogen-bond acceptors (Lipinski definition) is 5. The van der Waals surface area contributed by atoms with Crippen LogP contribution in [-0.2, 0) is 26.2 Å². The monoisotopic (exact) mass is 348 g/mol. The third-order valence-corrected chi connectivity index (χ3v) is 6.04. The minimum atomic E-state index is -3.81. The molecule has 0 bridgehead atoms. The van der Waals surface area contributed by atoms with E-state index in [-0.39, 0.29) is 12.5 Å². The largest absolute Gasteiger partial charge is 0.480 e. The van der Waals surface area contributed by atoms with Gasteiger partial charge in [0.25, 0.3) is 10.2 Å². The minimum absolute atomic E-state index is 0.0625. The van der Waals surface area contributed by atoms with Gasteiger partial charge in [-0.25, -0.2) is 0 Å². The van der Waals surface area contributed by atoms with Crippen LogP contribution < -0.4 is 4.72 Å². The molecule has 2 heterocycles. The van der Waals surface area contributed by atoms with Gasteiger partial charge in [0.15, 0.2) is 0 Å². The molecular weight excluding hydrogens is 328 g/mol. The summed E-state index contributed by atoms with van der Waals surface area (Å²) in [5.74, 6) is -1.18. The second-order valence-corrected chi connectivity index (χ2v) is 7.67. The fraction of sp³-hybridized carbons (Fsp3) is 0.615. The first-order valence-electron chi connectivity index (χ1n) is 6.96. The molecule has 1 aromatic heterocycles. The molecular formula is C13H20N2O5S2. The Hall–Kier alpha value is -1.00. The molecule has 7 nitrogen and oxygen atoms in total. The summed E-state index contributed by atoms with van der Waals surface area (Å²) >= 11 is 1.45. The number of ether oxygens (including phenoxy) is 1. The van der Waals surface area contributed by atoms with Crippen molar-refractivity contribution >= 4 is 27.5 Å². The maximum Gasteiger partial charge on any atom is 0.322 e. The number of carbonyl (C=O) groups is 1. The van der Waals surface area contributed by atoms with Crippen LogP contribution in [0, 0.1) is 0 Å². The Morgan fingerprint density at radius 3 is 2.73 bits per heavy atom. The first-order chi connectivity index (χ1) is 10.4. The van der Waals surface area contributed by atoms with Gasteiger partial charge < -0.3 is 9.84 Å². The molecule has 124 valence electrons. The molecule has 0 saturated carbocycles. The summed E-state index contributed by atoms with van der Waals surface area (Å²) < 4.78 is 33.5. The van der Waals surface area contributed by atoms with Crippen LogP contribution in [0.5, 0.6) is 0 Å². The van der Waals surface area contributed by atoms with E-state index >= 15 is 0 Å². The van der Waals surface area contributed by atoms with E-state index in [0.717, 1.165) is 5.56 Å². The number of aliphatic carboxylic acids is 1. The molecule has 2 N–H and O–H groups in total. The highest BCUT2D eigenvalue weighted by Crippen LogP contribution is 2.16. The van der Waals surface area contributed by atoms with Crippen molar-refractivity contribution in [3.8, 4) is 0 Å². The fourth-order valence-electron chi connectivity index (χ4n) is 2.39. The molecule has 0 spiro atoms. The van der Waals surface area contributed by atoms with Crippen LogP contribution >= 0.6 is 11.3 Å². The quantitative estimate of drug-likeness (QED) is 0.756. The Bertz CT molecular complexity index is 580. The molecule has 0 aliphatic carbocycles. The average molecular weight is 348 g/mol. The van der Waals surface area contributed by atoms with E-state index in [4.69, 9.17) is 4.74 Å². The molecule has 1 atom stereocenters. The van der Waals surface area contributed by atoms with E-state index in [1.807, 2.05) is 10.8 Å². The van der Waals surface area contributed by atoms with Gasteiger partial charge in [-0.1, -0.05) is 0 Å². The number of piperidine rings is 1. The predicted molar refractivity (Wildman–Crippen MR) is 83.1 cm³/mol. The number of carboxylic acids is 1. The van der Waals surface area contributed by atoms with Crippen LogP contribution in [0.15, 0.2) is 16.8 Å². The maximum absolute atomic E-state index is 12.3. The zero-order chi connectivity index (χ0) is 16.2. The van der Waals surface area contributed by atoms with Gasteiger partial charge in [-0.15, -0.1) is 0 Å². The first-order valence-corrected chi connectivity index (χ1v) is 9.34. The number of methoxy groups -OCH3 is 1. The van der Waals surface area contributed by atoms with Crippen LogP contribution in [0.2, 0.25) is 0 Å². The van der Waals surface area contributed by atoms with E-state index < -0.39 is 22.2 Å². The van der Waals surface area contributed by atoms with Gasteiger partial charge >= 0.3 is 5.97 Å². The Morgan fingerprint density at radius 1 is 1.55 bits per heavy atom. The summed E-state index contributed by atoms with van der Waals surface area (Å²) in [7, 11) is -2.21. The smallest absolute Gasteiger partial charge is 0.322 e. The van der Waals surface area contributed by atoms with Crippen molar-refractivity contribution in [1.29, 1.82) is 0 Å². The molecule has 1 aliphatic rings. The van der Waals surface area contributed by atoms with E-state index in [9.17, 15) is 18.3 Å². The molecule has 9 heteroatoms.